The first-order chi connectivity index (χ1) is 8.49. The number of aryl methyl sites for hydroxylation is 1. The Morgan fingerprint density at radius 3 is 2.67 bits per heavy atom. The molecule has 0 aliphatic rings. The van der Waals surface area contributed by atoms with Crippen LogP contribution in [0.2, 0.25) is 0 Å². The van der Waals surface area contributed by atoms with Gasteiger partial charge in [-0.1, -0.05) is 28.1 Å². The van der Waals surface area contributed by atoms with E-state index in [1.807, 2.05) is 6.07 Å². The average molecular weight is 308 g/mol. The van der Waals surface area contributed by atoms with Gasteiger partial charge < -0.3 is 9.67 Å². The molecule has 1 aromatic carbocycles. The van der Waals surface area contributed by atoms with Crippen molar-refractivity contribution in [2.45, 2.75) is 0 Å². The van der Waals surface area contributed by atoms with Crippen LogP contribution in [0.1, 0.15) is 10.4 Å². The lowest BCUT2D eigenvalue weighted by Gasteiger charge is -2.06. The number of halogens is 1. The Morgan fingerprint density at radius 2 is 2.06 bits per heavy atom. The number of aromatic nitrogens is 1. The van der Waals surface area contributed by atoms with E-state index in [4.69, 9.17) is 5.11 Å². The molecule has 0 aliphatic carbocycles. The highest BCUT2D eigenvalue weighted by molar-refractivity contribution is 9.10. The molecule has 1 N–H and O–H groups in total. The number of carbonyl (C=O) groups is 1. The topological polar surface area (TPSA) is 59.3 Å². The number of pyridine rings is 1. The highest BCUT2D eigenvalue weighted by Crippen LogP contribution is 2.20. The number of carboxylic acids is 1. The van der Waals surface area contributed by atoms with E-state index >= 15 is 0 Å². The normalized spacial score (nSPS) is 10.3. The van der Waals surface area contributed by atoms with Crippen molar-refractivity contribution in [1.29, 1.82) is 0 Å². The van der Waals surface area contributed by atoms with Crippen LogP contribution in [0.3, 0.4) is 0 Å². The standard InChI is InChI=1S/C13H10BrNO3/c1-15-6-10(8-3-2-4-9(14)5-8)12(16)11(7-15)13(17)18/h2-7H,1H3,(H,17,18). The molecular weight excluding hydrogens is 298 g/mol. The van der Waals surface area contributed by atoms with E-state index < -0.39 is 11.4 Å². The third kappa shape index (κ3) is 2.36. The van der Waals surface area contributed by atoms with Gasteiger partial charge in [-0.2, -0.15) is 0 Å². The Balaban J connectivity index is 2.72. The minimum Gasteiger partial charge on any atom is -0.477 e. The van der Waals surface area contributed by atoms with Crippen LogP contribution in [0, 0.1) is 0 Å². The number of nitrogens with zero attached hydrogens (tertiary/aromatic N) is 1. The van der Waals surface area contributed by atoms with E-state index in [-0.39, 0.29) is 5.56 Å². The van der Waals surface area contributed by atoms with E-state index in [1.54, 1.807) is 36.0 Å². The fourth-order valence-corrected chi connectivity index (χ4v) is 2.12. The van der Waals surface area contributed by atoms with Crippen LogP contribution in [0.4, 0.5) is 0 Å². The van der Waals surface area contributed by atoms with E-state index in [2.05, 4.69) is 15.9 Å². The predicted octanol–water partition coefficient (Wildman–Crippen LogP) is 2.51. The molecular formula is C13H10BrNO3. The maximum atomic E-state index is 12.1. The van der Waals surface area contributed by atoms with E-state index in [0.717, 1.165) is 4.47 Å². The minimum absolute atomic E-state index is 0.227. The molecule has 0 saturated carbocycles. The van der Waals surface area contributed by atoms with Crippen molar-refractivity contribution in [3.8, 4) is 11.1 Å². The van der Waals surface area contributed by atoms with Gasteiger partial charge in [0, 0.05) is 29.5 Å². The SMILES string of the molecule is Cn1cc(C(=O)O)c(=O)c(-c2cccc(Br)c2)c1. The van der Waals surface area contributed by atoms with Gasteiger partial charge in [-0.25, -0.2) is 4.79 Å². The first-order valence-corrected chi connectivity index (χ1v) is 5.98. The Labute approximate surface area is 112 Å². The van der Waals surface area contributed by atoms with Crippen LogP contribution in [-0.2, 0) is 7.05 Å². The number of rotatable bonds is 2. The highest BCUT2D eigenvalue weighted by atomic mass is 79.9. The monoisotopic (exact) mass is 307 g/mol. The molecule has 0 amide bonds. The molecule has 0 radical (unpaired) electrons. The Kier molecular flexibility index (Phi) is 3.34. The van der Waals surface area contributed by atoms with E-state index in [9.17, 15) is 9.59 Å². The Bertz CT molecular complexity index is 676. The quantitative estimate of drug-likeness (QED) is 0.927. The molecule has 0 aliphatic heterocycles. The summed E-state index contributed by atoms with van der Waals surface area (Å²) in [4.78, 5) is 23.1. The summed E-state index contributed by atoms with van der Waals surface area (Å²) in [6, 6.07) is 7.19. The molecule has 1 heterocycles. The first-order valence-electron chi connectivity index (χ1n) is 5.18. The third-order valence-electron chi connectivity index (χ3n) is 2.52. The van der Waals surface area contributed by atoms with Crippen molar-refractivity contribution in [2.24, 2.45) is 7.05 Å². The zero-order valence-corrected chi connectivity index (χ0v) is 11.1. The third-order valence-corrected chi connectivity index (χ3v) is 3.01. The second-order valence-corrected chi connectivity index (χ2v) is 4.81. The summed E-state index contributed by atoms with van der Waals surface area (Å²) in [6.07, 6.45) is 2.93. The molecule has 0 spiro atoms. The molecule has 92 valence electrons. The fourth-order valence-electron chi connectivity index (χ4n) is 1.72. The Morgan fingerprint density at radius 1 is 1.33 bits per heavy atom. The summed E-state index contributed by atoms with van der Waals surface area (Å²) in [5, 5.41) is 8.99. The summed E-state index contributed by atoms with van der Waals surface area (Å²) in [6.45, 7) is 0. The van der Waals surface area contributed by atoms with Crippen LogP contribution in [-0.4, -0.2) is 15.6 Å². The Hall–Kier alpha value is -1.88. The van der Waals surface area contributed by atoms with Crippen LogP contribution >= 0.6 is 15.9 Å². The second-order valence-electron chi connectivity index (χ2n) is 3.90. The molecule has 0 unspecified atom stereocenters. The van der Waals surface area contributed by atoms with E-state index in [1.165, 1.54) is 6.20 Å². The van der Waals surface area contributed by atoms with Gasteiger partial charge in [0.2, 0.25) is 5.43 Å². The first kappa shape index (κ1) is 12.6. The summed E-state index contributed by atoms with van der Waals surface area (Å²) in [5.41, 5.74) is 0.362. The van der Waals surface area contributed by atoms with Crippen LogP contribution < -0.4 is 5.43 Å². The van der Waals surface area contributed by atoms with Crippen LogP contribution in [0.15, 0.2) is 45.9 Å². The van der Waals surface area contributed by atoms with Crippen LogP contribution in [0.5, 0.6) is 0 Å². The van der Waals surface area contributed by atoms with Gasteiger partial charge in [-0.15, -0.1) is 0 Å². The maximum Gasteiger partial charge on any atom is 0.341 e. The largest absolute Gasteiger partial charge is 0.477 e. The molecule has 4 nitrogen and oxygen atoms in total. The van der Waals surface area contributed by atoms with Gasteiger partial charge in [0.05, 0.1) is 0 Å². The van der Waals surface area contributed by atoms with Gasteiger partial charge in [0.25, 0.3) is 0 Å². The zero-order valence-electron chi connectivity index (χ0n) is 9.55. The van der Waals surface area contributed by atoms with Crippen molar-refractivity contribution >= 4 is 21.9 Å². The second kappa shape index (κ2) is 4.78. The lowest BCUT2D eigenvalue weighted by molar-refractivity contribution is 0.0694. The molecule has 2 aromatic rings. The van der Waals surface area contributed by atoms with Crippen molar-refractivity contribution in [1.82, 2.24) is 4.57 Å². The maximum absolute atomic E-state index is 12.1. The molecule has 0 bridgehead atoms. The molecule has 0 fully saturated rings. The van der Waals surface area contributed by atoms with Gasteiger partial charge in [-0.3, -0.25) is 4.79 Å². The van der Waals surface area contributed by atoms with Crippen molar-refractivity contribution < 1.29 is 9.90 Å². The van der Waals surface area contributed by atoms with Crippen molar-refractivity contribution in [3.05, 3.63) is 56.9 Å². The zero-order chi connectivity index (χ0) is 13.3. The molecule has 0 atom stereocenters. The lowest BCUT2D eigenvalue weighted by atomic mass is 10.1. The fraction of sp³-hybridized carbons (Fsp3) is 0.0769. The summed E-state index contributed by atoms with van der Waals surface area (Å²) in [7, 11) is 1.69. The van der Waals surface area contributed by atoms with E-state index in [0.29, 0.717) is 11.1 Å². The number of aromatic carboxylic acids is 1. The van der Waals surface area contributed by atoms with Crippen LogP contribution in [0.25, 0.3) is 11.1 Å². The minimum atomic E-state index is -1.22. The van der Waals surface area contributed by atoms with Crippen molar-refractivity contribution in [3.63, 3.8) is 0 Å². The number of hydrogen-bond acceptors (Lipinski definition) is 2. The van der Waals surface area contributed by atoms with Gasteiger partial charge in [0.1, 0.15) is 5.56 Å². The highest BCUT2D eigenvalue weighted by Gasteiger charge is 2.14. The summed E-state index contributed by atoms with van der Waals surface area (Å²) < 4.78 is 2.41. The number of benzene rings is 1. The summed E-state index contributed by atoms with van der Waals surface area (Å²) >= 11 is 3.32. The molecule has 5 heteroatoms. The van der Waals surface area contributed by atoms with Crippen molar-refractivity contribution in [2.75, 3.05) is 0 Å². The predicted molar refractivity (Wildman–Crippen MR) is 71.8 cm³/mol. The smallest absolute Gasteiger partial charge is 0.341 e. The molecule has 2 rings (SSSR count). The molecule has 18 heavy (non-hydrogen) atoms. The van der Waals surface area contributed by atoms with Gasteiger partial charge in [0.15, 0.2) is 0 Å². The molecule has 1 aromatic heterocycles. The summed E-state index contributed by atoms with van der Waals surface area (Å²) in [5.74, 6) is -1.22. The van der Waals surface area contributed by atoms with Gasteiger partial charge >= 0.3 is 5.97 Å². The molecule has 0 saturated heterocycles. The number of carboxylic acid groups (broad SMARTS) is 1. The average Bonchev–Trinajstić information content (AvgIpc) is 2.31. The lowest BCUT2D eigenvalue weighted by Crippen LogP contribution is -2.18. The number of hydrogen-bond donors (Lipinski definition) is 1. The van der Waals surface area contributed by atoms with Gasteiger partial charge in [-0.05, 0) is 17.7 Å².